The summed E-state index contributed by atoms with van der Waals surface area (Å²) in [7, 11) is 0. The molecule has 0 aliphatic heterocycles. The smallest absolute Gasteiger partial charge is 0.262 e. The van der Waals surface area contributed by atoms with Crippen LogP contribution in [0.5, 0.6) is 5.75 Å². The molecule has 0 unspecified atom stereocenters. The number of nitrogens with two attached hydrogens (primary N) is 1. The van der Waals surface area contributed by atoms with Gasteiger partial charge in [-0.2, -0.15) is 0 Å². The van der Waals surface area contributed by atoms with Gasteiger partial charge in [0.1, 0.15) is 5.75 Å². The van der Waals surface area contributed by atoms with E-state index >= 15 is 0 Å². The van der Waals surface area contributed by atoms with Crippen molar-refractivity contribution in [3.05, 3.63) is 52.5 Å². The van der Waals surface area contributed by atoms with Crippen molar-refractivity contribution in [1.29, 1.82) is 0 Å². The predicted octanol–water partition coefficient (Wildman–Crippen LogP) is 3.36. The largest absolute Gasteiger partial charge is 0.483 e. The minimum Gasteiger partial charge on any atom is -0.483 e. The van der Waals surface area contributed by atoms with E-state index in [4.69, 9.17) is 10.5 Å². The van der Waals surface area contributed by atoms with E-state index in [1.807, 2.05) is 37.3 Å². The van der Waals surface area contributed by atoms with E-state index in [1.54, 1.807) is 12.1 Å². The molecule has 20 heavy (non-hydrogen) atoms. The van der Waals surface area contributed by atoms with Crippen molar-refractivity contribution in [3.63, 3.8) is 0 Å². The first kappa shape index (κ1) is 14.4. The van der Waals surface area contributed by atoms with Gasteiger partial charge in [0.2, 0.25) is 0 Å². The summed E-state index contributed by atoms with van der Waals surface area (Å²) < 4.78 is 6.26. The van der Waals surface area contributed by atoms with Gasteiger partial charge in [-0.25, -0.2) is 0 Å². The number of amides is 1. The Labute approximate surface area is 126 Å². The van der Waals surface area contributed by atoms with Crippen molar-refractivity contribution in [1.82, 2.24) is 0 Å². The molecule has 0 atom stereocenters. The molecule has 0 aliphatic carbocycles. The minimum absolute atomic E-state index is 0.0730. The number of aryl methyl sites for hydroxylation is 1. The summed E-state index contributed by atoms with van der Waals surface area (Å²) in [6.07, 6.45) is 0. The molecule has 0 fully saturated rings. The highest BCUT2D eigenvalue weighted by molar-refractivity contribution is 9.10. The average molecular weight is 335 g/mol. The van der Waals surface area contributed by atoms with Crippen LogP contribution in [0.4, 0.5) is 11.4 Å². The third-order valence-corrected chi connectivity index (χ3v) is 3.42. The number of rotatable bonds is 4. The standard InChI is InChI=1S/C15H15BrN2O2/c1-10-5-4-7-12(17)15(10)18-14(19)9-20-13-8-3-2-6-11(13)16/h2-8H,9,17H2,1H3,(H,18,19). The zero-order valence-corrected chi connectivity index (χ0v) is 12.6. The molecule has 0 aromatic heterocycles. The maximum absolute atomic E-state index is 11.9. The van der Waals surface area contributed by atoms with Crippen LogP contribution in [0.3, 0.4) is 0 Å². The number of carbonyl (C=O) groups excluding carboxylic acids is 1. The molecule has 0 spiro atoms. The SMILES string of the molecule is Cc1cccc(N)c1NC(=O)COc1ccccc1Br. The number of benzene rings is 2. The molecule has 104 valence electrons. The molecule has 5 heteroatoms. The quantitative estimate of drug-likeness (QED) is 0.842. The predicted molar refractivity (Wildman–Crippen MR) is 83.9 cm³/mol. The van der Waals surface area contributed by atoms with Gasteiger partial charge in [0, 0.05) is 0 Å². The van der Waals surface area contributed by atoms with Crippen LogP contribution in [-0.4, -0.2) is 12.5 Å². The molecular weight excluding hydrogens is 320 g/mol. The first-order chi connectivity index (χ1) is 9.58. The maximum Gasteiger partial charge on any atom is 0.262 e. The Kier molecular flexibility index (Phi) is 4.63. The van der Waals surface area contributed by atoms with Gasteiger partial charge in [0.25, 0.3) is 5.91 Å². The zero-order chi connectivity index (χ0) is 14.5. The second-order valence-electron chi connectivity index (χ2n) is 4.31. The summed E-state index contributed by atoms with van der Waals surface area (Å²) in [4.78, 5) is 11.9. The number of hydrogen-bond acceptors (Lipinski definition) is 3. The lowest BCUT2D eigenvalue weighted by molar-refractivity contribution is -0.118. The summed E-state index contributed by atoms with van der Waals surface area (Å²) >= 11 is 3.36. The number of nitrogen functional groups attached to an aromatic ring is 1. The molecule has 0 aliphatic rings. The van der Waals surface area contributed by atoms with Gasteiger partial charge in [0.15, 0.2) is 6.61 Å². The third-order valence-electron chi connectivity index (χ3n) is 2.76. The molecule has 0 radical (unpaired) electrons. The Bertz CT molecular complexity index is 609. The molecule has 4 nitrogen and oxygen atoms in total. The van der Waals surface area contributed by atoms with Crippen LogP contribution in [-0.2, 0) is 4.79 Å². The first-order valence-corrected chi connectivity index (χ1v) is 6.89. The molecule has 1 amide bonds. The monoisotopic (exact) mass is 334 g/mol. The molecule has 0 bridgehead atoms. The van der Waals surface area contributed by atoms with Gasteiger partial charge in [-0.3, -0.25) is 4.79 Å². The van der Waals surface area contributed by atoms with Gasteiger partial charge in [-0.1, -0.05) is 24.3 Å². The van der Waals surface area contributed by atoms with Crippen molar-refractivity contribution in [2.45, 2.75) is 6.92 Å². The van der Waals surface area contributed by atoms with Gasteiger partial charge in [-0.05, 0) is 46.6 Å². The first-order valence-electron chi connectivity index (χ1n) is 6.10. The molecule has 3 N–H and O–H groups in total. The second kappa shape index (κ2) is 6.43. The van der Waals surface area contributed by atoms with Crippen LogP contribution >= 0.6 is 15.9 Å². The number of anilines is 2. The van der Waals surface area contributed by atoms with Gasteiger partial charge in [-0.15, -0.1) is 0 Å². The summed E-state index contributed by atoms with van der Waals surface area (Å²) in [5.41, 5.74) is 7.93. The van der Waals surface area contributed by atoms with E-state index in [1.165, 1.54) is 0 Å². The van der Waals surface area contributed by atoms with Gasteiger partial charge in [0.05, 0.1) is 15.8 Å². The summed E-state index contributed by atoms with van der Waals surface area (Å²) in [6, 6.07) is 12.9. The number of para-hydroxylation sites is 2. The molecule has 0 saturated carbocycles. The van der Waals surface area contributed by atoms with E-state index in [0.29, 0.717) is 17.1 Å². The maximum atomic E-state index is 11.9. The van der Waals surface area contributed by atoms with E-state index in [9.17, 15) is 4.79 Å². The van der Waals surface area contributed by atoms with Crippen LogP contribution in [0.25, 0.3) is 0 Å². The fourth-order valence-corrected chi connectivity index (χ4v) is 2.14. The van der Waals surface area contributed by atoms with Crippen molar-refractivity contribution < 1.29 is 9.53 Å². The van der Waals surface area contributed by atoms with Gasteiger partial charge >= 0.3 is 0 Å². The number of halogens is 1. The Morgan fingerprint density at radius 3 is 2.70 bits per heavy atom. The summed E-state index contributed by atoms with van der Waals surface area (Å²) in [6.45, 7) is 1.82. The number of hydrogen-bond donors (Lipinski definition) is 2. The lowest BCUT2D eigenvalue weighted by Crippen LogP contribution is -2.21. The molecule has 0 heterocycles. The molecule has 2 aromatic carbocycles. The third kappa shape index (κ3) is 3.51. The average Bonchev–Trinajstić information content (AvgIpc) is 2.42. The lowest BCUT2D eigenvalue weighted by atomic mass is 10.1. The topological polar surface area (TPSA) is 64.3 Å². The van der Waals surface area contributed by atoms with Crippen LogP contribution in [0.1, 0.15) is 5.56 Å². The second-order valence-corrected chi connectivity index (χ2v) is 5.16. The normalized spacial score (nSPS) is 10.1. The van der Waals surface area contributed by atoms with Crippen molar-refractivity contribution >= 4 is 33.2 Å². The molecular formula is C15H15BrN2O2. The Morgan fingerprint density at radius 2 is 2.00 bits per heavy atom. The minimum atomic E-state index is -0.248. The highest BCUT2D eigenvalue weighted by Gasteiger charge is 2.09. The van der Waals surface area contributed by atoms with Gasteiger partial charge < -0.3 is 15.8 Å². The van der Waals surface area contributed by atoms with E-state index in [0.717, 1.165) is 10.0 Å². The molecule has 2 rings (SSSR count). The van der Waals surface area contributed by atoms with Crippen LogP contribution in [0.2, 0.25) is 0 Å². The van der Waals surface area contributed by atoms with E-state index in [-0.39, 0.29) is 12.5 Å². The van der Waals surface area contributed by atoms with Crippen molar-refractivity contribution in [2.75, 3.05) is 17.7 Å². The van der Waals surface area contributed by atoms with Crippen molar-refractivity contribution in [2.24, 2.45) is 0 Å². The van der Waals surface area contributed by atoms with E-state index in [2.05, 4.69) is 21.2 Å². The Hall–Kier alpha value is -2.01. The van der Waals surface area contributed by atoms with Crippen LogP contribution in [0, 0.1) is 6.92 Å². The van der Waals surface area contributed by atoms with Crippen LogP contribution < -0.4 is 15.8 Å². The summed E-state index contributed by atoms with van der Waals surface area (Å²) in [5, 5.41) is 2.76. The van der Waals surface area contributed by atoms with Crippen LogP contribution in [0.15, 0.2) is 46.9 Å². The fourth-order valence-electron chi connectivity index (χ4n) is 1.74. The number of ether oxygens (including phenoxy) is 1. The molecule has 2 aromatic rings. The van der Waals surface area contributed by atoms with Crippen molar-refractivity contribution in [3.8, 4) is 5.75 Å². The lowest BCUT2D eigenvalue weighted by Gasteiger charge is -2.12. The Balaban J connectivity index is 1.98. The highest BCUT2D eigenvalue weighted by atomic mass is 79.9. The molecule has 0 saturated heterocycles. The number of nitrogens with one attached hydrogen (secondary N) is 1. The number of carbonyl (C=O) groups is 1. The van der Waals surface area contributed by atoms with E-state index < -0.39 is 0 Å². The Morgan fingerprint density at radius 1 is 1.25 bits per heavy atom. The summed E-state index contributed by atoms with van der Waals surface area (Å²) in [5.74, 6) is 0.377. The highest BCUT2D eigenvalue weighted by Crippen LogP contribution is 2.24. The fraction of sp³-hybridized carbons (Fsp3) is 0.133. The zero-order valence-electron chi connectivity index (χ0n) is 11.0.